The molecule has 0 saturated carbocycles. The number of benzene rings is 1. The normalized spacial score (nSPS) is 10.7. The summed E-state index contributed by atoms with van der Waals surface area (Å²) in [4.78, 5) is 29.3. The molecule has 30 heavy (non-hydrogen) atoms. The number of hydrogen-bond donors (Lipinski definition) is 1. The molecule has 0 aliphatic rings. The first-order valence-electron chi connectivity index (χ1n) is 10.2. The first-order chi connectivity index (χ1) is 14.3. The van der Waals surface area contributed by atoms with Gasteiger partial charge in [-0.05, 0) is 43.2 Å². The largest absolute Gasteiger partial charge is 0.353 e. The molecule has 0 aliphatic carbocycles. The maximum atomic E-state index is 13.1. The van der Waals surface area contributed by atoms with Crippen molar-refractivity contribution >= 4 is 40.8 Å². The highest BCUT2D eigenvalue weighted by molar-refractivity contribution is 6.36. The van der Waals surface area contributed by atoms with Crippen molar-refractivity contribution < 1.29 is 9.59 Å². The van der Waals surface area contributed by atoms with Crippen LogP contribution in [0.5, 0.6) is 0 Å². The van der Waals surface area contributed by atoms with Crippen LogP contribution >= 0.6 is 23.2 Å². The van der Waals surface area contributed by atoms with Crippen LogP contribution in [0.15, 0.2) is 36.5 Å². The summed E-state index contributed by atoms with van der Waals surface area (Å²) in [7, 11) is 1.96. The SMILES string of the molecule is CCCCN(Cc1cccn1C)C(=O)CN(CCC)C(=O)Nc1ccc(Cl)cc1Cl. The predicted molar refractivity (Wildman–Crippen MR) is 123 cm³/mol. The Balaban J connectivity index is 2.10. The summed E-state index contributed by atoms with van der Waals surface area (Å²) < 4.78 is 2.01. The average Bonchev–Trinajstić information content (AvgIpc) is 3.11. The van der Waals surface area contributed by atoms with Crippen molar-refractivity contribution in [2.75, 3.05) is 25.0 Å². The van der Waals surface area contributed by atoms with Crippen molar-refractivity contribution in [3.8, 4) is 0 Å². The molecule has 6 nitrogen and oxygen atoms in total. The third kappa shape index (κ3) is 6.96. The van der Waals surface area contributed by atoms with Gasteiger partial charge in [-0.15, -0.1) is 0 Å². The fraction of sp³-hybridized carbons (Fsp3) is 0.455. The van der Waals surface area contributed by atoms with E-state index in [4.69, 9.17) is 23.2 Å². The zero-order chi connectivity index (χ0) is 22.1. The minimum Gasteiger partial charge on any atom is -0.353 e. The van der Waals surface area contributed by atoms with Gasteiger partial charge in [0.05, 0.1) is 17.3 Å². The van der Waals surface area contributed by atoms with E-state index in [1.165, 1.54) is 4.90 Å². The van der Waals surface area contributed by atoms with Gasteiger partial charge in [-0.2, -0.15) is 0 Å². The summed E-state index contributed by atoms with van der Waals surface area (Å²) in [5.74, 6) is -0.0737. The monoisotopic (exact) mass is 452 g/mol. The van der Waals surface area contributed by atoms with Crippen LogP contribution in [0.3, 0.4) is 0 Å². The molecule has 0 spiro atoms. The van der Waals surface area contributed by atoms with Gasteiger partial charge in [0.15, 0.2) is 0 Å². The van der Waals surface area contributed by atoms with E-state index in [2.05, 4.69) is 12.2 Å². The first-order valence-corrected chi connectivity index (χ1v) is 11.0. The van der Waals surface area contributed by atoms with E-state index < -0.39 is 0 Å². The molecule has 0 unspecified atom stereocenters. The Hall–Kier alpha value is -2.18. The van der Waals surface area contributed by atoms with Crippen molar-refractivity contribution in [1.82, 2.24) is 14.4 Å². The molecular formula is C22H30Cl2N4O2. The topological polar surface area (TPSA) is 57.6 Å². The van der Waals surface area contributed by atoms with Crippen LogP contribution in [0.2, 0.25) is 10.0 Å². The van der Waals surface area contributed by atoms with Crippen molar-refractivity contribution in [2.24, 2.45) is 7.05 Å². The summed E-state index contributed by atoms with van der Waals surface area (Å²) in [6.07, 6.45) is 4.61. The molecule has 0 saturated heterocycles. The molecule has 8 heteroatoms. The number of aryl methyl sites for hydroxylation is 1. The van der Waals surface area contributed by atoms with Gasteiger partial charge in [0, 0.05) is 37.1 Å². The highest BCUT2D eigenvalue weighted by Gasteiger charge is 2.22. The molecule has 1 heterocycles. The molecule has 0 aliphatic heterocycles. The van der Waals surface area contributed by atoms with E-state index in [1.807, 2.05) is 41.8 Å². The lowest BCUT2D eigenvalue weighted by Crippen LogP contribution is -2.45. The van der Waals surface area contributed by atoms with Crippen LogP contribution in [0, 0.1) is 0 Å². The number of rotatable bonds is 10. The van der Waals surface area contributed by atoms with E-state index in [1.54, 1.807) is 18.2 Å². The average molecular weight is 453 g/mol. The van der Waals surface area contributed by atoms with Crippen LogP contribution < -0.4 is 5.32 Å². The number of aromatic nitrogens is 1. The van der Waals surface area contributed by atoms with Gasteiger partial charge in [-0.25, -0.2) is 4.79 Å². The third-order valence-corrected chi connectivity index (χ3v) is 5.37. The second-order valence-electron chi connectivity index (χ2n) is 7.26. The molecule has 2 aromatic rings. The summed E-state index contributed by atoms with van der Waals surface area (Å²) in [5, 5.41) is 3.63. The van der Waals surface area contributed by atoms with E-state index >= 15 is 0 Å². The standard InChI is InChI=1S/C22H30Cl2N4O2/c1-4-6-13-27(15-18-8-7-12-26(18)3)21(29)16-28(11-5-2)22(30)25-20-10-9-17(23)14-19(20)24/h7-10,12,14H,4-6,11,13,15-16H2,1-3H3,(H,25,30). The van der Waals surface area contributed by atoms with Crippen LogP contribution in [0.25, 0.3) is 0 Å². The van der Waals surface area contributed by atoms with Crippen LogP contribution in [-0.4, -0.2) is 45.9 Å². The van der Waals surface area contributed by atoms with Gasteiger partial charge in [0.1, 0.15) is 6.54 Å². The number of anilines is 1. The van der Waals surface area contributed by atoms with Gasteiger partial charge in [-0.3, -0.25) is 4.79 Å². The summed E-state index contributed by atoms with van der Waals surface area (Å²) in [6.45, 7) is 5.72. The number of nitrogens with zero attached hydrogens (tertiary/aromatic N) is 3. The number of urea groups is 1. The molecule has 0 atom stereocenters. The third-order valence-electron chi connectivity index (χ3n) is 4.82. The molecule has 164 valence electrons. The molecule has 1 aromatic carbocycles. The minimum atomic E-state index is -0.358. The smallest absolute Gasteiger partial charge is 0.322 e. The van der Waals surface area contributed by atoms with Gasteiger partial charge >= 0.3 is 6.03 Å². The highest BCUT2D eigenvalue weighted by atomic mass is 35.5. The van der Waals surface area contributed by atoms with E-state index in [0.717, 1.165) is 25.0 Å². The number of unbranched alkanes of at least 4 members (excludes halogenated alkanes) is 1. The Morgan fingerprint density at radius 1 is 1.07 bits per heavy atom. The summed E-state index contributed by atoms with van der Waals surface area (Å²) in [5.41, 5.74) is 1.52. The number of carbonyl (C=O) groups is 2. The number of hydrogen-bond acceptors (Lipinski definition) is 2. The minimum absolute atomic E-state index is 0.0129. The number of amides is 3. The van der Waals surface area contributed by atoms with E-state index in [-0.39, 0.29) is 18.5 Å². The van der Waals surface area contributed by atoms with Crippen molar-refractivity contribution in [2.45, 2.75) is 39.7 Å². The molecule has 2 rings (SSSR count). The second-order valence-corrected chi connectivity index (χ2v) is 8.10. The molecule has 0 bridgehead atoms. The lowest BCUT2D eigenvalue weighted by molar-refractivity contribution is -0.132. The van der Waals surface area contributed by atoms with Gasteiger partial charge in [0.2, 0.25) is 5.91 Å². The first kappa shape index (κ1) is 24.1. The van der Waals surface area contributed by atoms with Crippen LogP contribution in [0.1, 0.15) is 38.8 Å². The number of halogens is 2. The fourth-order valence-electron chi connectivity index (χ4n) is 3.07. The number of carbonyl (C=O) groups excluding carboxylic acids is 2. The molecule has 1 N–H and O–H groups in total. The molecule has 3 amide bonds. The second kappa shape index (κ2) is 11.9. The fourth-order valence-corrected chi connectivity index (χ4v) is 3.52. The lowest BCUT2D eigenvalue weighted by Gasteiger charge is -2.28. The quantitative estimate of drug-likeness (QED) is 0.523. The molecule has 0 fully saturated rings. The Labute approximate surface area is 188 Å². The highest BCUT2D eigenvalue weighted by Crippen LogP contribution is 2.25. The van der Waals surface area contributed by atoms with Gasteiger partial charge in [0.25, 0.3) is 0 Å². The Bertz CT molecular complexity index is 853. The van der Waals surface area contributed by atoms with E-state index in [9.17, 15) is 9.59 Å². The van der Waals surface area contributed by atoms with Crippen molar-refractivity contribution in [1.29, 1.82) is 0 Å². The number of nitrogens with one attached hydrogen (secondary N) is 1. The Kier molecular flexibility index (Phi) is 9.53. The zero-order valence-electron chi connectivity index (χ0n) is 17.8. The lowest BCUT2D eigenvalue weighted by atomic mass is 10.2. The molecule has 0 radical (unpaired) electrons. The molecule has 1 aromatic heterocycles. The van der Waals surface area contributed by atoms with Gasteiger partial charge in [-0.1, -0.05) is 43.5 Å². The predicted octanol–water partition coefficient (Wildman–Crippen LogP) is 5.40. The van der Waals surface area contributed by atoms with Crippen molar-refractivity contribution in [3.05, 3.63) is 52.3 Å². The van der Waals surface area contributed by atoms with Crippen LogP contribution in [0.4, 0.5) is 10.5 Å². The Morgan fingerprint density at radius 3 is 2.43 bits per heavy atom. The van der Waals surface area contributed by atoms with Gasteiger partial charge < -0.3 is 19.7 Å². The van der Waals surface area contributed by atoms with Crippen LogP contribution in [-0.2, 0) is 18.4 Å². The summed E-state index contributed by atoms with van der Waals surface area (Å²) in [6, 6.07) is 8.49. The molecular weight excluding hydrogens is 423 g/mol. The summed E-state index contributed by atoms with van der Waals surface area (Å²) >= 11 is 12.1. The van der Waals surface area contributed by atoms with Crippen molar-refractivity contribution in [3.63, 3.8) is 0 Å². The zero-order valence-corrected chi connectivity index (χ0v) is 19.3. The van der Waals surface area contributed by atoms with E-state index in [0.29, 0.717) is 35.4 Å². The Morgan fingerprint density at radius 2 is 1.83 bits per heavy atom. The maximum Gasteiger partial charge on any atom is 0.322 e. The maximum absolute atomic E-state index is 13.1.